The molecule has 1 amide bonds. The summed E-state index contributed by atoms with van der Waals surface area (Å²) in [5.74, 6) is 2.47. The Morgan fingerprint density at radius 2 is 1.74 bits per heavy atom. The van der Waals surface area contributed by atoms with Crippen molar-refractivity contribution in [3.05, 3.63) is 34.6 Å². The van der Waals surface area contributed by atoms with Crippen molar-refractivity contribution in [2.45, 2.75) is 60.4 Å². The molecule has 1 N–H and O–H groups in total. The lowest BCUT2D eigenvalue weighted by atomic mass is 10.1. The van der Waals surface area contributed by atoms with E-state index in [1.165, 1.54) is 5.56 Å². The first-order chi connectivity index (χ1) is 12.8. The molecule has 0 saturated carbocycles. The van der Waals surface area contributed by atoms with Crippen LogP contribution in [0.2, 0.25) is 0 Å². The molecule has 0 radical (unpaired) electrons. The van der Waals surface area contributed by atoms with Crippen LogP contribution in [0.1, 0.15) is 49.2 Å². The molecule has 2 aromatic rings. The average Bonchev–Trinajstić information content (AvgIpc) is 2.59. The Morgan fingerprint density at radius 1 is 1.11 bits per heavy atom. The largest absolute Gasteiger partial charge is 0.436 e. The van der Waals surface area contributed by atoms with Crippen LogP contribution < -0.4 is 15.0 Å². The van der Waals surface area contributed by atoms with Gasteiger partial charge in [-0.2, -0.15) is 4.98 Å². The Morgan fingerprint density at radius 3 is 2.33 bits per heavy atom. The van der Waals surface area contributed by atoms with Crippen molar-refractivity contribution in [1.29, 1.82) is 0 Å². The molecule has 1 aromatic heterocycles. The van der Waals surface area contributed by atoms with E-state index < -0.39 is 0 Å². The molecule has 1 aliphatic rings. The fourth-order valence-corrected chi connectivity index (χ4v) is 3.79. The number of ether oxygens (including phenoxy) is 1. The van der Waals surface area contributed by atoms with Crippen molar-refractivity contribution in [2.75, 3.05) is 16.8 Å². The molecule has 1 aromatic carbocycles. The average molecular weight is 368 g/mol. The van der Waals surface area contributed by atoms with Gasteiger partial charge in [0.05, 0.1) is 6.54 Å². The van der Waals surface area contributed by atoms with Gasteiger partial charge in [-0.25, -0.2) is 4.98 Å². The maximum absolute atomic E-state index is 12.4. The van der Waals surface area contributed by atoms with Crippen LogP contribution in [0.15, 0.2) is 12.1 Å². The number of nitrogens with one attached hydrogen (secondary N) is 1. The molecule has 2 heterocycles. The van der Waals surface area contributed by atoms with E-state index in [0.717, 1.165) is 35.5 Å². The first-order valence-electron chi connectivity index (χ1n) is 9.54. The summed E-state index contributed by atoms with van der Waals surface area (Å²) in [5, 5.41) is 2.93. The van der Waals surface area contributed by atoms with Crippen LogP contribution in [0.25, 0.3) is 0 Å². The lowest BCUT2D eigenvalue weighted by molar-refractivity contribution is -0.115. The highest BCUT2D eigenvalue weighted by Crippen LogP contribution is 2.40. The van der Waals surface area contributed by atoms with E-state index in [-0.39, 0.29) is 11.9 Å². The van der Waals surface area contributed by atoms with Gasteiger partial charge >= 0.3 is 0 Å². The Hall–Kier alpha value is -2.63. The minimum atomic E-state index is -0.0657. The van der Waals surface area contributed by atoms with Gasteiger partial charge < -0.3 is 15.0 Å². The van der Waals surface area contributed by atoms with Crippen molar-refractivity contribution in [3.8, 4) is 11.6 Å². The summed E-state index contributed by atoms with van der Waals surface area (Å²) >= 11 is 0. The fourth-order valence-electron chi connectivity index (χ4n) is 3.79. The van der Waals surface area contributed by atoms with Gasteiger partial charge in [0.2, 0.25) is 11.8 Å². The van der Waals surface area contributed by atoms with Gasteiger partial charge in [0.1, 0.15) is 17.3 Å². The molecule has 0 spiro atoms. The van der Waals surface area contributed by atoms with E-state index >= 15 is 0 Å². The molecular formula is C21H28N4O2. The summed E-state index contributed by atoms with van der Waals surface area (Å²) in [4.78, 5) is 23.6. The predicted octanol–water partition coefficient (Wildman–Crippen LogP) is 4.45. The molecule has 0 bridgehead atoms. The van der Waals surface area contributed by atoms with Gasteiger partial charge in [0, 0.05) is 6.04 Å². The van der Waals surface area contributed by atoms with E-state index in [1.54, 1.807) is 0 Å². The van der Waals surface area contributed by atoms with Gasteiger partial charge in [-0.05, 0) is 51.7 Å². The van der Waals surface area contributed by atoms with E-state index in [1.807, 2.05) is 20.8 Å². The highest BCUT2D eigenvalue weighted by molar-refractivity contribution is 6.01. The monoisotopic (exact) mass is 368 g/mol. The van der Waals surface area contributed by atoms with Crippen molar-refractivity contribution in [3.63, 3.8) is 0 Å². The lowest BCUT2D eigenvalue weighted by Crippen LogP contribution is -2.45. The standard InChI is InChI=1S/C21H28N4O2/c1-7-16(8-2)25-11-17(26)24-18-20(25)22-15(6)23-21(18)27-19-13(4)9-12(3)10-14(19)5/h9-10,16H,7-8,11H2,1-6H3,(H,24,26). The van der Waals surface area contributed by atoms with E-state index in [4.69, 9.17) is 4.74 Å². The first kappa shape index (κ1) is 19.1. The molecule has 0 saturated heterocycles. The maximum atomic E-state index is 12.4. The highest BCUT2D eigenvalue weighted by atomic mass is 16.5. The third-order valence-corrected chi connectivity index (χ3v) is 5.01. The Bertz CT molecular complexity index is 852. The van der Waals surface area contributed by atoms with E-state index in [2.05, 4.69) is 53.1 Å². The fraction of sp³-hybridized carbons (Fsp3) is 0.476. The molecule has 3 rings (SSSR count). The SMILES string of the molecule is CCC(CC)N1CC(=O)Nc2c(Oc3c(C)cc(C)cc3C)nc(C)nc21. The number of hydrogen-bond acceptors (Lipinski definition) is 5. The van der Waals surface area contributed by atoms with Crippen LogP contribution in [0.5, 0.6) is 11.6 Å². The number of aryl methyl sites for hydroxylation is 4. The minimum absolute atomic E-state index is 0.0657. The maximum Gasteiger partial charge on any atom is 0.249 e. The van der Waals surface area contributed by atoms with Crippen molar-refractivity contribution < 1.29 is 9.53 Å². The molecular weight excluding hydrogens is 340 g/mol. The van der Waals surface area contributed by atoms with Crippen molar-refractivity contribution >= 4 is 17.4 Å². The van der Waals surface area contributed by atoms with Crippen molar-refractivity contribution in [2.24, 2.45) is 0 Å². The summed E-state index contributed by atoms with van der Waals surface area (Å²) in [7, 11) is 0. The lowest BCUT2D eigenvalue weighted by Gasteiger charge is -2.36. The zero-order valence-corrected chi connectivity index (χ0v) is 17.0. The topological polar surface area (TPSA) is 67.4 Å². The van der Waals surface area contributed by atoms with Gasteiger partial charge in [-0.15, -0.1) is 0 Å². The van der Waals surface area contributed by atoms with Gasteiger partial charge in [-0.3, -0.25) is 4.79 Å². The van der Waals surface area contributed by atoms with Gasteiger partial charge in [0.15, 0.2) is 5.82 Å². The number of rotatable bonds is 5. The van der Waals surface area contributed by atoms with Crippen LogP contribution in [-0.4, -0.2) is 28.5 Å². The smallest absolute Gasteiger partial charge is 0.249 e. The summed E-state index contributed by atoms with van der Waals surface area (Å²) in [6.07, 6.45) is 1.89. The number of amides is 1. The Balaban J connectivity index is 2.10. The number of carbonyl (C=O) groups excluding carboxylic acids is 1. The van der Waals surface area contributed by atoms with E-state index in [9.17, 15) is 4.79 Å². The molecule has 0 aliphatic carbocycles. The summed E-state index contributed by atoms with van der Waals surface area (Å²) < 4.78 is 6.23. The third kappa shape index (κ3) is 3.75. The van der Waals surface area contributed by atoms with Gasteiger partial charge in [0.25, 0.3) is 0 Å². The first-order valence-corrected chi connectivity index (χ1v) is 9.54. The molecule has 144 valence electrons. The van der Waals surface area contributed by atoms with Crippen LogP contribution in [0, 0.1) is 27.7 Å². The zero-order valence-electron chi connectivity index (χ0n) is 17.0. The van der Waals surface area contributed by atoms with Crippen molar-refractivity contribution in [1.82, 2.24) is 9.97 Å². The predicted molar refractivity (Wildman–Crippen MR) is 108 cm³/mol. The molecule has 0 unspecified atom stereocenters. The second-order valence-corrected chi connectivity index (χ2v) is 7.25. The molecule has 27 heavy (non-hydrogen) atoms. The van der Waals surface area contributed by atoms with Crippen LogP contribution in [0.3, 0.4) is 0 Å². The Labute approximate surface area is 161 Å². The van der Waals surface area contributed by atoms with Crippen LogP contribution in [-0.2, 0) is 4.79 Å². The van der Waals surface area contributed by atoms with Gasteiger partial charge in [-0.1, -0.05) is 31.5 Å². The molecule has 0 atom stereocenters. The Kier molecular flexibility index (Phi) is 5.35. The number of anilines is 2. The zero-order chi connectivity index (χ0) is 19.7. The number of aromatic nitrogens is 2. The molecule has 6 heteroatoms. The quantitative estimate of drug-likeness (QED) is 0.844. The highest BCUT2D eigenvalue weighted by Gasteiger charge is 2.31. The third-order valence-electron chi connectivity index (χ3n) is 5.01. The number of fused-ring (bicyclic) bond motifs is 1. The summed E-state index contributed by atoms with van der Waals surface area (Å²) in [6.45, 7) is 12.5. The second kappa shape index (κ2) is 7.55. The summed E-state index contributed by atoms with van der Waals surface area (Å²) in [5.41, 5.74) is 3.82. The summed E-state index contributed by atoms with van der Waals surface area (Å²) in [6, 6.07) is 4.41. The molecule has 0 fully saturated rings. The molecule has 1 aliphatic heterocycles. The number of nitrogens with zero attached hydrogens (tertiary/aromatic N) is 3. The number of hydrogen-bond donors (Lipinski definition) is 1. The number of benzene rings is 1. The normalized spacial score (nSPS) is 13.6. The van der Waals surface area contributed by atoms with E-state index in [0.29, 0.717) is 23.9 Å². The van der Waals surface area contributed by atoms with Crippen LogP contribution >= 0.6 is 0 Å². The second-order valence-electron chi connectivity index (χ2n) is 7.25. The molecule has 6 nitrogen and oxygen atoms in total. The minimum Gasteiger partial charge on any atom is -0.436 e. The number of carbonyl (C=O) groups is 1. The van der Waals surface area contributed by atoms with Crippen LogP contribution in [0.4, 0.5) is 11.5 Å².